The molecule has 1 heterocycles. The van der Waals surface area contributed by atoms with Crippen molar-refractivity contribution in [3.63, 3.8) is 0 Å². The van der Waals surface area contributed by atoms with Crippen molar-refractivity contribution >= 4 is 52.6 Å². The molecule has 4 aromatic rings. The summed E-state index contributed by atoms with van der Waals surface area (Å²) in [5.41, 5.74) is 3.82. The second-order valence-corrected chi connectivity index (χ2v) is 10.7. The van der Waals surface area contributed by atoms with Crippen LogP contribution in [0.5, 0.6) is 0 Å². The Hall–Kier alpha value is -3.32. The Balaban J connectivity index is 1.41. The lowest BCUT2D eigenvalue weighted by Crippen LogP contribution is -2.39. The number of imidazole rings is 1. The minimum atomic E-state index is -0.356. The number of carbonyl (C=O) groups excluding carboxylic acids is 2. The van der Waals surface area contributed by atoms with E-state index in [9.17, 15) is 9.59 Å². The van der Waals surface area contributed by atoms with Gasteiger partial charge < -0.3 is 4.90 Å². The Kier molecular flexibility index (Phi) is 7.75. The first-order valence-electron chi connectivity index (χ1n) is 12.2. The lowest BCUT2D eigenvalue weighted by atomic mass is 10.2. The number of anilines is 1. The van der Waals surface area contributed by atoms with E-state index in [-0.39, 0.29) is 23.4 Å². The normalized spacial score (nSPS) is 12.8. The molecular formula is C29H25Cl3N4O2. The van der Waals surface area contributed by atoms with E-state index in [0.29, 0.717) is 39.7 Å². The van der Waals surface area contributed by atoms with Crippen LogP contribution in [0.15, 0.2) is 72.9 Å². The van der Waals surface area contributed by atoms with Crippen LogP contribution in [-0.2, 0) is 4.79 Å². The standard InChI is InChI=1S/C29H25Cl3N4O2/c1-18-2-11-23(12-3-18)36-16-26(20-6-8-21(30)9-7-20)33-29(36)34-27(37)17-35(15-19-4-5-19)28(38)24-13-10-22(31)14-25(24)32/h2-3,6-14,16,19H,4-5,15,17H2,1H3,(H,33,34,37). The number of benzene rings is 3. The molecule has 5 rings (SSSR count). The van der Waals surface area contributed by atoms with Gasteiger partial charge in [-0.3, -0.25) is 19.5 Å². The molecule has 1 N–H and O–H groups in total. The highest BCUT2D eigenvalue weighted by molar-refractivity contribution is 6.36. The number of carbonyl (C=O) groups is 2. The van der Waals surface area contributed by atoms with Gasteiger partial charge in [0.25, 0.3) is 5.91 Å². The lowest BCUT2D eigenvalue weighted by molar-refractivity contribution is -0.117. The van der Waals surface area contributed by atoms with Crippen LogP contribution in [0.25, 0.3) is 16.9 Å². The molecule has 1 fully saturated rings. The molecule has 0 atom stereocenters. The molecule has 6 nitrogen and oxygen atoms in total. The van der Waals surface area contributed by atoms with E-state index in [0.717, 1.165) is 29.7 Å². The summed E-state index contributed by atoms with van der Waals surface area (Å²) in [5, 5.41) is 4.24. The van der Waals surface area contributed by atoms with Crippen LogP contribution in [0, 0.1) is 12.8 Å². The van der Waals surface area contributed by atoms with Crippen molar-refractivity contribution in [2.45, 2.75) is 19.8 Å². The highest BCUT2D eigenvalue weighted by atomic mass is 35.5. The van der Waals surface area contributed by atoms with Gasteiger partial charge in [-0.1, -0.05) is 64.6 Å². The van der Waals surface area contributed by atoms with Crippen LogP contribution in [0.1, 0.15) is 28.8 Å². The second-order valence-electron chi connectivity index (χ2n) is 9.46. The number of aromatic nitrogens is 2. The summed E-state index contributed by atoms with van der Waals surface area (Å²) in [4.78, 5) is 32.9. The molecule has 0 bridgehead atoms. The molecule has 0 saturated heterocycles. The van der Waals surface area contributed by atoms with Gasteiger partial charge in [-0.15, -0.1) is 0 Å². The topological polar surface area (TPSA) is 67.2 Å². The Morgan fingerprint density at radius 3 is 2.32 bits per heavy atom. The van der Waals surface area contributed by atoms with Gasteiger partial charge >= 0.3 is 0 Å². The smallest absolute Gasteiger partial charge is 0.255 e. The Morgan fingerprint density at radius 2 is 1.66 bits per heavy atom. The third-order valence-electron chi connectivity index (χ3n) is 6.37. The van der Waals surface area contributed by atoms with Gasteiger partial charge in [0, 0.05) is 34.0 Å². The van der Waals surface area contributed by atoms with Crippen molar-refractivity contribution in [2.75, 3.05) is 18.4 Å². The first-order chi connectivity index (χ1) is 18.3. The molecule has 194 valence electrons. The maximum absolute atomic E-state index is 13.4. The van der Waals surface area contributed by atoms with Crippen molar-refractivity contribution in [2.24, 2.45) is 5.92 Å². The van der Waals surface area contributed by atoms with Crippen LogP contribution in [-0.4, -0.2) is 39.4 Å². The van der Waals surface area contributed by atoms with E-state index in [1.807, 2.05) is 54.1 Å². The number of aryl methyl sites for hydroxylation is 1. The summed E-state index contributed by atoms with van der Waals surface area (Å²) in [5.74, 6) is 0.0687. The van der Waals surface area contributed by atoms with E-state index < -0.39 is 0 Å². The average molecular weight is 568 g/mol. The largest absolute Gasteiger partial charge is 0.329 e. The maximum atomic E-state index is 13.4. The predicted molar refractivity (Wildman–Crippen MR) is 152 cm³/mol. The zero-order valence-electron chi connectivity index (χ0n) is 20.6. The molecule has 1 aliphatic carbocycles. The number of hydrogen-bond donors (Lipinski definition) is 1. The molecule has 0 unspecified atom stereocenters. The van der Waals surface area contributed by atoms with Gasteiger partial charge in [-0.2, -0.15) is 0 Å². The van der Waals surface area contributed by atoms with Gasteiger partial charge in [0.15, 0.2) is 0 Å². The third kappa shape index (κ3) is 6.21. The SMILES string of the molecule is Cc1ccc(-n2cc(-c3ccc(Cl)cc3)nc2NC(=O)CN(CC2CC2)C(=O)c2ccc(Cl)cc2Cl)cc1. The molecule has 1 aliphatic rings. The van der Waals surface area contributed by atoms with E-state index >= 15 is 0 Å². The third-order valence-corrected chi connectivity index (χ3v) is 7.17. The van der Waals surface area contributed by atoms with Crippen molar-refractivity contribution in [1.82, 2.24) is 14.5 Å². The summed E-state index contributed by atoms with van der Waals surface area (Å²) < 4.78 is 1.82. The fourth-order valence-corrected chi connectivity index (χ4v) is 4.75. The molecule has 0 radical (unpaired) electrons. The zero-order chi connectivity index (χ0) is 26.8. The summed E-state index contributed by atoms with van der Waals surface area (Å²) in [7, 11) is 0. The van der Waals surface area contributed by atoms with Gasteiger partial charge in [-0.25, -0.2) is 4.98 Å². The van der Waals surface area contributed by atoms with Crippen molar-refractivity contribution in [3.05, 3.63) is 99.1 Å². The summed E-state index contributed by atoms with van der Waals surface area (Å²) in [6.45, 7) is 2.36. The summed E-state index contributed by atoms with van der Waals surface area (Å²) >= 11 is 18.4. The summed E-state index contributed by atoms with van der Waals surface area (Å²) in [6.07, 6.45) is 3.92. The van der Waals surface area contributed by atoms with E-state index in [1.54, 1.807) is 29.2 Å². The zero-order valence-corrected chi connectivity index (χ0v) is 22.9. The van der Waals surface area contributed by atoms with Gasteiger partial charge in [0.2, 0.25) is 11.9 Å². The molecule has 2 amide bonds. The number of rotatable bonds is 8. The first-order valence-corrected chi connectivity index (χ1v) is 13.4. The summed E-state index contributed by atoms with van der Waals surface area (Å²) in [6, 6.07) is 20.0. The van der Waals surface area contributed by atoms with Crippen LogP contribution in [0.4, 0.5) is 5.95 Å². The molecule has 0 aliphatic heterocycles. The van der Waals surface area contributed by atoms with Gasteiger partial charge in [-0.05, 0) is 68.1 Å². The van der Waals surface area contributed by atoms with Crippen LogP contribution in [0.2, 0.25) is 15.1 Å². The number of halogens is 3. The van der Waals surface area contributed by atoms with Crippen molar-refractivity contribution < 1.29 is 9.59 Å². The highest BCUT2D eigenvalue weighted by Gasteiger charge is 2.30. The van der Waals surface area contributed by atoms with E-state index in [4.69, 9.17) is 39.8 Å². The first kappa shape index (κ1) is 26.3. The van der Waals surface area contributed by atoms with Crippen molar-refractivity contribution in [3.8, 4) is 16.9 Å². The fourth-order valence-electron chi connectivity index (χ4n) is 4.13. The fraction of sp³-hybridized carbons (Fsp3) is 0.207. The minimum absolute atomic E-state index is 0.134. The maximum Gasteiger partial charge on any atom is 0.255 e. The number of nitrogens with one attached hydrogen (secondary N) is 1. The molecule has 3 aromatic carbocycles. The highest BCUT2D eigenvalue weighted by Crippen LogP contribution is 2.31. The van der Waals surface area contributed by atoms with Crippen molar-refractivity contribution in [1.29, 1.82) is 0 Å². The van der Waals surface area contributed by atoms with Crippen LogP contribution >= 0.6 is 34.8 Å². The predicted octanol–water partition coefficient (Wildman–Crippen LogP) is 7.30. The second kappa shape index (κ2) is 11.2. The van der Waals surface area contributed by atoms with Gasteiger partial charge in [0.1, 0.15) is 6.54 Å². The molecule has 1 aromatic heterocycles. The Labute approximate surface area is 236 Å². The molecule has 9 heteroatoms. The number of amides is 2. The Bertz CT molecular complexity index is 1480. The van der Waals surface area contributed by atoms with Crippen LogP contribution in [0.3, 0.4) is 0 Å². The molecule has 0 spiro atoms. The number of hydrogen-bond acceptors (Lipinski definition) is 3. The minimum Gasteiger partial charge on any atom is -0.329 e. The molecule has 38 heavy (non-hydrogen) atoms. The Morgan fingerprint density at radius 1 is 0.974 bits per heavy atom. The molecule has 1 saturated carbocycles. The van der Waals surface area contributed by atoms with E-state index in [1.165, 1.54) is 6.07 Å². The lowest BCUT2D eigenvalue weighted by Gasteiger charge is -2.23. The molecular weight excluding hydrogens is 543 g/mol. The average Bonchev–Trinajstić information content (AvgIpc) is 3.61. The van der Waals surface area contributed by atoms with Crippen LogP contribution < -0.4 is 5.32 Å². The quantitative estimate of drug-likeness (QED) is 0.243. The van der Waals surface area contributed by atoms with E-state index in [2.05, 4.69) is 5.32 Å². The van der Waals surface area contributed by atoms with Gasteiger partial charge in [0.05, 0.1) is 16.3 Å². The number of nitrogens with zero attached hydrogens (tertiary/aromatic N) is 3. The monoisotopic (exact) mass is 566 g/mol.